The molecule has 304 valence electrons. The van der Waals surface area contributed by atoms with Crippen molar-refractivity contribution in [3.05, 3.63) is 215 Å². The molecule has 0 atom stereocenters. The average Bonchev–Trinajstić information content (AvgIpc) is 3.22. The lowest BCUT2D eigenvalue weighted by molar-refractivity contribution is -0.660. The first-order chi connectivity index (χ1) is 28.8. The molecule has 4 heterocycles. The van der Waals surface area contributed by atoms with Crippen molar-refractivity contribution >= 4 is 0 Å². The molecule has 4 nitrogen and oxygen atoms in total. The summed E-state index contributed by atoms with van der Waals surface area (Å²) < 4.78 is 8.63. The highest BCUT2D eigenvalue weighted by Gasteiger charge is 2.15. The van der Waals surface area contributed by atoms with Crippen LogP contribution in [0.15, 0.2) is 170 Å². The fraction of sp³-hybridized carbons (Fsp3) is 0.214. The number of hydrogen-bond donors (Lipinski definition) is 0. The Hall–Kier alpha value is -6.52. The maximum atomic E-state index is 2.24. The van der Waals surface area contributed by atoms with E-state index in [0.29, 0.717) is 0 Å². The molecule has 0 spiro atoms. The minimum absolute atomic E-state index is 1.26. The van der Waals surface area contributed by atoms with Crippen LogP contribution in [-0.2, 0) is 28.2 Å². The van der Waals surface area contributed by atoms with Gasteiger partial charge in [-0.15, -0.1) is 0 Å². The van der Waals surface area contributed by atoms with E-state index in [9.17, 15) is 0 Å². The van der Waals surface area contributed by atoms with Gasteiger partial charge in [0.25, 0.3) is 0 Å². The molecule has 60 heavy (non-hydrogen) atoms. The van der Waals surface area contributed by atoms with Gasteiger partial charge in [-0.3, -0.25) is 0 Å². The van der Waals surface area contributed by atoms with Gasteiger partial charge in [-0.05, 0) is 125 Å². The Kier molecular flexibility index (Phi) is 15.6. The molecule has 0 radical (unpaired) electrons. The molecular formula is C56H64N4+4. The Morgan fingerprint density at radius 3 is 0.833 bits per heavy atom. The number of hydrogen-bond acceptors (Lipinski definition) is 0. The number of pyridine rings is 4. The number of benzene rings is 4. The van der Waals surface area contributed by atoms with Crippen molar-refractivity contribution in [3.8, 4) is 45.0 Å². The molecular weight excluding hydrogens is 729 g/mol. The number of aryl methyl sites for hydroxylation is 12. The molecule has 0 fully saturated rings. The van der Waals surface area contributed by atoms with Crippen molar-refractivity contribution in [2.24, 2.45) is 28.2 Å². The van der Waals surface area contributed by atoms with Crippen LogP contribution in [-0.4, -0.2) is 0 Å². The second-order valence-electron chi connectivity index (χ2n) is 16.0. The van der Waals surface area contributed by atoms with Crippen molar-refractivity contribution in [3.63, 3.8) is 0 Å². The van der Waals surface area contributed by atoms with E-state index in [2.05, 4.69) is 272 Å². The predicted octanol–water partition coefficient (Wildman–Crippen LogP) is 11.2. The van der Waals surface area contributed by atoms with Gasteiger partial charge in [0.05, 0.1) is 11.1 Å². The van der Waals surface area contributed by atoms with Gasteiger partial charge in [-0.1, -0.05) is 71.8 Å². The molecule has 4 aromatic carbocycles. The third-order valence-electron chi connectivity index (χ3n) is 11.0. The van der Waals surface area contributed by atoms with Gasteiger partial charge in [-0.25, -0.2) is 18.3 Å². The lowest BCUT2D eigenvalue weighted by Crippen LogP contribution is -2.30. The largest absolute Gasteiger partial charge is 0.212 e. The van der Waals surface area contributed by atoms with Crippen molar-refractivity contribution in [2.45, 2.75) is 55.4 Å². The molecule has 4 heteroatoms. The topological polar surface area (TPSA) is 15.5 Å². The van der Waals surface area contributed by atoms with E-state index in [1.165, 1.54) is 89.5 Å². The van der Waals surface area contributed by atoms with Crippen LogP contribution in [0.1, 0.15) is 44.5 Å². The first-order valence-corrected chi connectivity index (χ1v) is 20.8. The highest BCUT2D eigenvalue weighted by molar-refractivity contribution is 5.66. The molecule has 0 unspecified atom stereocenters. The van der Waals surface area contributed by atoms with Gasteiger partial charge in [0.2, 0.25) is 22.8 Å². The number of aromatic nitrogens is 4. The summed E-state index contributed by atoms with van der Waals surface area (Å²) in [5, 5.41) is 0. The average molecular weight is 793 g/mol. The number of rotatable bonds is 4. The molecule has 0 amide bonds. The lowest BCUT2D eigenvalue weighted by atomic mass is 9.99. The number of nitrogens with zero attached hydrogens (tertiary/aromatic N) is 4. The fourth-order valence-corrected chi connectivity index (χ4v) is 7.63. The molecule has 8 rings (SSSR count). The summed E-state index contributed by atoms with van der Waals surface area (Å²) in [6.45, 7) is 17.2. The Bertz CT molecular complexity index is 2460. The van der Waals surface area contributed by atoms with E-state index in [-0.39, 0.29) is 0 Å². The molecule has 0 aliphatic rings. The van der Waals surface area contributed by atoms with Crippen LogP contribution in [0.3, 0.4) is 0 Å². The van der Waals surface area contributed by atoms with Crippen LogP contribution in [0.4, 0.5) is 0 Å². The van der Waals surface area contributed by atoms with Gasteiger partial charge in [0.15, 0.2) is 24.8 Å². The third kappa shape index (κ3) is 11.4. The second-order valence-corrected chi connectivity index (χ2v) is 16.0. The van der Waals surface area contributed by atoms with E-state index >= 15 is 0 Å². The van der Waals surface area contributed by atoms with Gasteiger partial charge >= 0.3 is 0 Å². The standard InChI is InChI=1S/4C14H16N/c2*1-11-7-6-8-12(2)14(11)13-9-4-5-10-15(13)3;2*1-11-7-8-12(2)13(10-11)14-6-4-5-9-15(14)3/h4*4-10H,1-3H3/q4*+1. The molecule has 8 aromatic rings. The quantitative estimate of drug-likeness (QED) is 0.158. The zero-order valence-corrected chi connectivity index (χ0v) is 38.0. The highest BCUT2D eigenvalue weighted by Crippen LogP contribution is 2.25. The molecule has 4 aromatic heterocycles. The summed E-state index contributed by atoms with van der Waals surface area (Å²) in [5.74, 6) is 0. The second kappa shape index (κ2) is 20.9. The van der Waals surface area contributed by atoms with Gasteiger partial charge < -0.3 is 0 Å². The summed E-state index contributed by atoms with van der Waals surface area (Å²) >= 11 is 0. The normalized spacial score (nSPS) is 10.3. The first kappa shape index (κ1) is 44.6. The van der Waals surface area contributed by atoms with Crippen LogP contribution in [0.5, 0.6) is 0 Å². The van der Waals surface area contributed by atoms with Gasteiger partial charge in [-0.2, -0.15) is 0 Å². The summed E-state index contributed by atoms with van der Waals surface area (Å²) in [7, 11) is 8.33. The Morgan fingerprint density at radius 1 is 0.267 bits per heavy atom. The van der Waals surface area contributed by atoms with Crippen molar-refractivity contribution < 1.29 is 18.3 Å². The monoisotopic (exact) mass is 793 g/mol. The maximum absolute atomic E-state index is 2.24. The molecule has 0 N–H and O–H groups in total. The summed E-state index contributed by atoms with van der Waals surface area (Å²) in [4.78, 5) is 0. The smallest absolute Gasteiger partial charge is 0.201 e. The van der Waals surface area contributed by atoms with Gasteiger partial charge in [0, 0.05) is 59.7 Å². The van der Waals surface area contributed by atoms with E-state index in [1.807, 2.05) is 0 Å². The van der Waals surface area contributed by atoms with Crippen LogP contribution < -0.4 is 18.3 Å². The van der Waals surface area contributed by atoms with E-state index in [4.69, 9.17) is 0 Å². The van der Waals surface area contributed by atoms with Crippen LogP contribution in [0.25, 0.3) is 45.0 Å². The highest BCUT2D eigenvalue weighted by atomic mass is 14.9. The Labute approximate surface area is 360 Å². The minimum Gasteiger partial charge on any atom is -0.201 e. The zero-order valence-electron chi connectivity index (χ0n) is 38.0. The molecule has 0 saturated heterocycles. The lowest BCUT2D eigenvalue weighted by Gasteiger charge is -2.07. The predicted molar refractivity (Wildman–Crippen MR) is 250 cm³/mol. The van der Waals surface area contributed by atoms with E-state index in [1.54, 1.807) is 0 Å². The summed E-state index contributed by atoms with van der Waals surface area (Å²) in [5.41, 5.74) is 21.0. The van der Waals surface area contributed by atoms with Crippen LogP contribution >= 0.6 is 0 Å². The van der Waals surface area contributed by atoms with Crippen LogP contribution in [0.2, 0.25) is 0 Å². The summed E-state index contributed by atoms with van der Waals surface area (Å²) in [6, 6.07) is 51.2. The van der Waals surface area contributed by atoms with Crippen LogP contribution in [0, 0.1) is 55.4 Å². The molecule has 0 aliphatic heterocycles. The Morgan fingerprint density at radius 2 is 0.550 bits per heavy atom. The van der Waals surface area contributed by atoms with E-state index < -0.39 is 0 Å². The molecule has 0 bridgehead atoms. The maximum Gasteiger partial charge on any atom is 0.212 e. The van der Waals surface area contributed by atoms with Crippen molar-refractivity contribution in [1.82, 2.24) is 0 Å². The zero-order chi connectivity index (χ0) is 43.3. The van der Waals surface area contributed by atoms with E-state index in [0.717, 1.165) is 0 Å². The van der Waals surface area contributed by atoms with Crippen molar-refractivity contribution in [2.75, 3.05) is 0 Å². The Balaban J connectivity index is 0.000000152. The SMILES string of the molecule is Cc1ccc(C)c(-c2cccc[n+]2C)c1.Cc1ccc(C)c(-c2cccc[n+]2C)c1.Cc1cccc(C)c1-c1cccc[n+]1C.Cc1cccc(C)c1-c1cccc[n+]1C. The minimum atomic E-state index is 1.26. The first-order valence-electron chi connectivity index (χ1n) is 20.8. The van der Waals surface area contributed by atoms with Crippen molar-refractivity contribution in [1.29, 1.82) is 0 Å². The fourth-order valence-electron chi connectivity index (χ4n) is 7.63. The molecule has 0 saturated carbocycles. The molecule has 0 aliphatic carbocycles. The summed E-state index contributed by atoms with van der Waals surface area (Å²) in [6.07, 6.45) is 8.33. The third-order valence-corrected chi connectivity index (χ3v) is 11.0. The van der Waals surface area contributed by atoms with Gasteiger partial charge in [0.1, 0.15) is 28.2 Å².